The number of benzene rings is 2. The van der Waals surface area contributed by atoms with Crippen molar-refractivity contribution in [2.45, 2.75) is 126 Å². The van der Waals surface area contributed by atoms with Crippen LogP contribution in [0.5, 0.6) is 6.01 Å². The Morgan fingerprint density at radius 3 is 2.02 bits per heavy atom. The van der Waals surface area contributed by atoms with Crippen LogP contribution in [0.15, 0.2) is 58.1 Å². The van der Waals surface area contributed by atoms with Gasteiger partial charge in [-0.25, -0.2) is 0 Å². The lowest BCUT2D eigenvalue weighted by molar-refractivity contribution is -0.154. The van der Waals surface area contributed by atoms with Crippen LogP contribution in [0.1, 0.15) is 112 Å². The summed E-state index contributed by atoms with van der Waals surface area (Å²) in [5.74, 6) is -0.967. The first-order chi connectivity index (χ1) is 29.3. The lowest BCUT2D eigenvalue weighted by Crippen LogP contribution is -2.50. The predicted molar refractivity (Wildman–Crippen MR) is 228 cm³/mol. The van der Waals surface area contributed by atoms with E-state index in [1.54, 1.807) is 24.3 Å². The minimum absolute atomic E-state index is 0.00235. The molecule has 6 N–H and O–H groups in total. The maximum absolute atomic E-state index is 13.7. The molecule has 3 saturated carbocycles. The zero-order valence-electron chi connectivity index (χ0n) is 33.8. The summed E-state index contributed by atoms with van der Waals surface area (Å²) >= 11 is 6.07. The van der Waals surface area contributed by atoms with Gasteiger partial charge in [-0.15, -0.1) is 0 Å². The molecule has 4 aromatic rings. The Morgan fingerprint density at radius 2 is 1.39 bits per heavy atom. The second kappa shape index (κ2) is 19.5. The van der Waals surface area contributed by atoms with Crippen LogP contribution >= 0.6 is 11.6 Å². The summed E-state index contributed by atoms with van der Waals surface area (Å²) in [5.41, 5.74) is 0.342. The van der Waals surface area contributed by atoms with E-state index in [2.05, 4.69) is 46.9 Å². The molecule has 18 heteroatoms. The van der Waals surface area contributed by atoms with Crippen LogP contribution in [0, 0.1) is 0 Å². The number of rotatable bonds is 17. The Kier molecular flexibility index (Phi) is 14.0. The standard InChI is InChI=1S/C43H51ClF3N9O5/c44-28-17-15-27(16-18-28)42(22-23-42)56-40-53-39(54-41(55-40)61-25-43(45,46)47)51-31-19-13-26(14-20-31)37(59)52-32(38(60)50-30-11-7-3-4-8-12-30)21-24-48-33-34(36(58)35(33)57)49-29-9-5-1-2-6-10-29/h13-20,29-30,32,48-49H,1-12,21-25H2,(H,50,60)(H,52,59)(H2,51,53,54,55,56). The van der Waals surface area contributed by atoms with Gasteiger partial charge in [0.05, 0.1) is 5.54 Å². The first-order valence-corrected chi connectivity index (χ1v) is 21.5. The molecule has 2 amide bonds. The fraction of sp³-hybridized carbons (Fsp3) is 0.512. The highest BCUT2D eigenvalue weighted by Gasteiger charge is 2.45. The first-order valence-electron chi connectivity index (χ1n) is 21.2. The zero-order valence-corrected chi connectivity index (χ0v) is 34.5. The number of carbonyl (C=O) groups excluding carboxylic acids is 2. The van der Waals surface area contributed by atoms with Crippen LogP contribution in [0.3, 0.4) is 0 Å². The van der Waals surface area contributed by atoms with Crippen molar-refractivity contribution in [3.63, 3.8) is 0 Å². The van der Waals surface area contributed by atoms with Gasteiger partial charge in [0, 0.05) is 34.9 Å². The van der Waals surface area contributed by atoms with Gasteiger partial charge in [-0.05, 0) is 86.9 Å². The van der Waals surface area contributed by atoms with Crippen molar-refractivity contribution in [1.82, 2.24) is 25.6 Å². The number of hydrogen-bond donors (Lipinski definition) is 6. The Morgan fingerprint density at radius 1 is 0.787 bits per heavy atom. The van der Waals surface area contributed by atoms with Gasteiger partial charge >= 0.3 is 12.2 Å². The van der Waals surface area contributed by atoms with Gasteiger partial charge in [-0.1, -0.05) is 75.1 Å². The Balaban J connectivity index is 1.02. The highest BCUT2D eigenvalue weighted by molar-refractivity contribution is 6.30. The maximum Gasteiger partial charge on any atom is 0.422 e. The van der Waals surface area contributed by atoms with Gasteiger partial charge in [0.25, 0.3) is 16.8 Å². The highest BCUT2D eigenvalue weighted by atomic mass is 35.5. The number of hydrogen-bond acceptors (Lipinski definition) is 12. The average Bonchev–Trinajstić information content (AvgIpc) is 4.09. The van der Waals surface area contributed by atoms with Crippen LogP contribution in [-0.4, -0.2) is 64.2 Å². The minimum atomic E-state index is -4.63. The number of amides is 2. The second-order valence-electron chi connectivity index (χ2n) is 16.3. The van der Waals surface area contributed by atoms with E-state index in [4.69, 9.17) is 16.3 Å². The van der Waals surface area contributed by atoms with Gasteiger partial charge in [0.2, 0.25) is 17.8 Å². The largest absolute Gasteiger partial charge is 0.454 e. The molecule has 1 unspecified atom stereocenters. The van der Waals surface area contributed by atoms with Crippen LogP contribution in [0.4, 0.5) is 42.1 Å². The third kappa shape index (κ3) is 11.9. The molecule has 1 aromatic heterocycles. The molecule has 0 aliphatic heterocycles. The number of carbonyl (C=O) groups is 2. The summed E-state index contributed by atoms with van der Waals surface area (Å²) in [6.07, 6.45) is 9.11. The third-order valence-corrected chi connectivity index (χ3v) is 11.8. The average molecular weight is 866 g/mol. The van der Waals surface area contributed by atoms with Crippen molar-refractivity contribution in [3.05, 3.63) is 85.1 Å². The molecule has 0 saturated heterocycles. The molecular formula is C43H51ClF3N9O5. The molecule has 0 bridgehead atoms. The topological polar surface area (TPSA) is 188 Å². The molecule has 3 aliphatic rings. The van der Waals surface area contributed by atoms with Gasteiger partial charge < -0.3 is 36.6 Å². The molecule has 61 heavy (non-hydrogen) atoms. The van der Waals surface area contributed by atoms with E-state index in [1.807, 2.05) is 12.1 Å². The molecule has 3 aromatic carbocycles. The van der Waals surface area contributed by atoms with Crippen molar-refractivity contribution in [2.24, 2.45) is 0 Å². The van der Waals surface area contributed by atoms with E-state index in [9.17, 15) is 32.3 Å². The van der Waals surface area contributed by atoms with Gasteiger partial charge in [-0.3, -0.25) is 19.2 Å². The van der Waals surface area contributed by atoms with Crippen molar-refractivity contribution < 1.29 is 27.5 Å². The smallest absolute Gasteiger partial charge is 0.422 e. The molecule has 326 valence electrons. The Hall–Kier alpha value is -5.45. The monoisotopic (exact) mass is 865 g/mol. The van der Waals surface area contributed by atoms with E-state index < -0.39 is 47.1 Å². The number of alkyl halides is 3. The van der Waals surface area contributed by atoms with Crippen molar-refractivity contribution in [1.29, 1.82) is 0 Å². The zero-order chi connectivity index (χ0) is 43.0. The van der Waals surface area contributed by atoms with Gasteiger partial charge in [0.1, 0.15) is 17.4 Å². The van der Waals surface area contributed by atoms with E-state index in [-0.39, 0.29) is 59.8 Å². The number of aromatic nitrogens is 3. The summed E-state index contributed by atoms with van der Waals surface area (Å²) in [5, 5.41) is 19.1. The Labute approximate surface area is 356 Å². The number of nitrogens with one attached hydrogen (secondary N) is 6. The van der Waals surface area contributed by atoms with Crippen molar-refractivity contribution in [2.75, 3.05) is 34.4 Å². The normalized spacial score (nSPS) is 17.6. The van der Waals surface area contributed by atoms with E-state index in [0.717, 1.165) is 95.5 Å². The summed E-state index contributed by atoms with van der Waals surface area (Å²) in [7, 11) is 0. The molecule has 1 atom stereocenters. The maximum atomic E-state index is 13.7. The second-order valence-corrected chi connectivity index (χ2v) is 16.7. The summed E-state index contributed by atoms with van der Waals surface area (Å²) in [6, 6.07) is 12.0. The Bertz CT molecular complexity index is 2200. The lowest BCUT2D eigenvalue weighted by Gasteiger charge is -2.24. The van der Waals surface area contributed by atoms with E-state index in [0.29, 0.717) is 10.7 Å². The molecule has 7 rings (SSSR count). The quantitative estimate of drug-likeness (QED) is 0.0455. The van der Waals surface area contributed by atoms with Gasteiger partial charge in [-0.2, -0.15) is 28.1 Å². The van der Waals surface area contributed by atoms with Crippen LogP contribution in [0.2, 0.25) is 5.02 Å². The highest BCUT2D eigenvalue weighted by Crippen LogP contribution is 2.48. The van der Waals surface area contributed by atoms with E-state index in [1.165, 1.54) is 12.1 Å². The predicted octanol–water partition coefficient (Wildman–Crippen LogP) is 7.48. The summed E-state index contributed by atoms with van der Waals surface area (Å²) < 4.78 is 44.1. The van der Waals surface area contributed by atoms with Crippen LogP contribution in [0.25, 0.3) is 0 Å². The molecule has 3 fully saturated rings. The fourth-order valence-corrected chi connectivity index (χ4v) is 8.14. The molecular weight excluding hydrogens is 815 g/mol. The van der Waals surface area contributed by atoms with E-state index >= 15 is 0 Å². The number of anilines is 5. The first kappa shape index (κ1) is 43.6. The lowest BCUT2D eigenvalue weighted by atomic mass is 10.1. The molecule has 0 radical (unpaired) electrons. The van der Waals surface area contributed by atoms with Crippen molar-refractivity contribution >= 4 is 52.4 Å². The molecule has 14 nitrogen and oxygen atoms in total. The number of nitrogens with zero attached hydrogens (tertiary/aromatic N) is 3. The van der Waals surface area contributed by atoms with Crippen LogP contribution in [-0.2, 0) is 10.3 Å². The fourth-order valence-electron chi connectivity index (χ4n) is 8.01. The summed E-state index contributed by atoms with van der Waals surface area (Å²) in [4.78, 5) is 65.0. The SMILES string of the molecule is O=C(NC(CCNc1c(NC2CCCCCC2)c(=O)c1=O)C(=O)NC1CCCCCC1)c1ccc(Nc2nc(NC3(c4ccc(Cl)cc4)CC3)nc(OCC(F)(F)F)n2)cc1. The minimum Gasteiger partial charge on any atom is -0.454 e. The van der Waals surface area contributed by atoms with Crippen molar-refractivity contribution in [3.8, 4) is 6.01 Å². The molecule has 3 aliphatic carbocycles. The summed E-state index contributed by atoms with van der Waals surface area (Å²) in [6.45, 7) is -1.46. The number of halogens is 4. The van der Waals surface area contributed by atoms with Gasteiger partial charge in [0.15, 0.2) is 6.61 Å². The third-order valence-electron chi connectivity index (χ3n) is 11.6. The number of ether oxygens (including phenoxy) is 1. The molecule has 1 heterocycles. The van der Waals surface area contributed by atoms with Crippen LogP contribution < -0.4 is 47.5 Å². The molecule has 0 spiro atoms.